The Kier molecular flexibility index (Phi) is 10.3. The first-order valence-corrected chi connectivity index (χ1v) is 24.4. The van der Waals surface area contributed by atoms with Gasteiger partial charge in [-0.1, -0.05) is 52.7 Å². The van der Waals surface area contributed by atoms with Crippen LogP contribution in [0.3, 0.4) is 0 Å². The summed E-state index contributed by atoms with van der Waals surface area (Å²) in [4.78, 5) is 12.4. The minimum absolute atomic E-state index is 0.0223. The molecule has 9 heteroatoms. The molecule has 10 rings (SSSR count). The van der Waals surface area contributed by atoms with Crippen molar-refractivity contribution in [2.24, 2.45) is 74.1 Å². The van der Waals surface area contributed by atoms with E-state index in [-0.39, 0.29) is 27.4 Å². The van der Waals surface area contributed by atoms with Gasteiger partial charge in [0.1, 0.15) is 11.2 Å². The zero-order valence-corrected chi connectivity index (χ0v) is 39.8. The van der Waals surface area contributed by atoms with Gasteiger partial charge in [-0.2, -0.15) is 15.3 Å². The van der Waals surface area contributed by atoms with E-state index in [9.17, 15) is 15.0 Å². The van der Waals surface area contributed by atoms with Crippen molar-refractivity contribution in [1.82, 2.24) is 24.6 Å². The molecule has 0 saturated heterocycles. The molecule has 0 aromatic carbocycles. The van der Waals surface area contributed by atoms with Gasteiger partial charge in [-0.25, -0.2) is 0 Å². The number of aryl methyl sites for hydroxylation is 2. The fourth-order valence-electron chi connectivity index (χ4n) is 17.1. The third-order valence-electron chi connectivity index (χ3n) is 20.1. The lowest BCUT2D eigenvalue weighted by atomic mass is 9.44. The van der Waals surface area contributed by atoms with Crippen LogP contribution in [0, 0.1) is 69.0 Å². The first-order valence-electron chi connectivity index (χ1n) is 24.4. The van der Waals surface area contributed by atoms with Gasteiger partial charge >= 0.3 is 0 Å². The van der Waals surface area contributed by atoms with E-state index in [4.69, 9.17) is 5.10 Å². The lowest BCUT2D eigenvalue weighted by Gasteiger charge is -2.60. The third kappa shape index (κ3) is 5.96. The van der Waals surface area contributed by atoms with Crippen molar-refractivity contribution in [3.05, 3.63) is 46.1 Å². The first-order chi connectivity index (χ1) is 28.7. The Hall–Kier alpha value is -3.04. The van der Waals surface area contributed by atoms with E-state index in [0.717, 1.165) is 70.2 Å². The van der Waals surface area contributed by atoms with E-state index in [1.165, 1.54) is 41.8 Å². The van der Waals surface area contributed by atoms with Crippen LogP contribution in [-0.4, -0.2) is 71.6 Å². The van der Waals surface area contributed by atoms with Crippen LogP contribution in [-0.2, 0) is 30.7 Å². The second kappa shape index (κ2) is 14.5. The molecule has 0 bridgehead atoms. The largest absolute Gasteiger partial charge is 0.383 e. The van der Waals surface area contributed by atoms with Gasteiger partial charge in [-0.05, 0) is 186 Å². The Labute approximate surface area is 366 Å². The molecule has 0 amide bonds. The van der Waals surface area contributed by atoms with Crippen molar-refractivity contribution >= 4 is 23.6 Å². The van der Waals surface area contributed by atoms with Crippen molar-refractivity contribution in [2.75, 3.05) is 14.1 Å². The van der Waals surface area contributed by atoms with Gasteiger partial charge in [0, 0.05) is 44.2 Å². The molecule has 0 radical (unpaired) electrons. The van der Waals surface area contributed by atoms with Crippen LogP contribution in [0.1, 0.15) is 156 Å². The number of allylic oxidation sites excluding steroid dienone is 2. The minimum Gasteiger partial charge on any atom is -0.383 e. The second-order valence-corrected chi connectivity index (χ2v) is 23.0. The summed E-state index contributed by atoms with van der Waals surface area (Å²) in [5.74, 6) is 4.72. The van der Waals surface area contributed by atoms with Crippen molar-refractivity contribution in [3.8, 4) is 0 Å². The monoisotopic (exact) mass is 835 g/mol. The molecule has 2 aromatic heterocycles. The summed E-state index contributed by atoms with van der Waals surface area (Å²) < 4.78 is 4.25. The fourth-order valence-corrected chi connectivity index (χ4v) is 17.1. The van der Waals surface area contributed by atoms with Crippen LogP contribution in [0.4, 0.5) is 0 Å². The lowest BCUT2D eigenvalue weighted by molar-refractivity contribution is -0.160. The van der Waals surface area contributed by atoms with Crippen LogP contribution in [0.25, 0.3) is 12.2 Å². The van der Waals surface area contributed by atoms with Crippen LogP contribution in [0.5, 0.6) is 0 Å². The normalized spacial score (nSPS) is 44.3. The molecule has 0 spiro atoms. The number of Topliss-reactive ketones (excluding diaryl/α,β-unsaturated/α-hetero) is 1. The average molecular weight is 835 g/mol. The summed E-state index contributed by atoms with van der Waals surface area (Å²) >= 11 is 0. The number of aromatic nitrogens is 4. The Morgan fingerprint density at radius 1 is 0.770 bits per heavy atom. The Balaban J connectivity index is 0.000000157. The average Bonchev–Trinajstić information content (AvgIpc) is 3.94. The molecule has 14 atom stereocenters. The van der Waals surface area contributed by atoms with Crippen LogP contribution in [0.2, 0.25) is 0 Å². The number of hydrogen-bond acceptors (Lipinski definition) is 7. The molecule has 0 aliphatic heterocycles. The smallest absolute Gasteiger partial charge is 0.161 e. The van der Waals surface area contributed by atoms with E-state index in [2.05, 4.69) is 99.5 Å². The van der Waals surface area contributed by atoms with Gasteiger partial charge in [0.25, 0.3) is 0 Å². The van der Waals surface area contributed by atoms with Gasteiger partial charge in [0.15, 0.2) is 5.78 Å². The Morgan fingerprint density at radius 2 is 1.30 bits per heavy atom. The highest BCUT2D eigenvalue weighted by Crippen LogP contribution is 2.70. The molecular formula is C52H78N6O3. The number of aliphatic hydroxyl groups is 2. The van der Waals surface area contributed by atoms with Gasteiger partial charge in [0.2, 0.25) is 0 Å². The summed E-state index contributed by atoms with van der Waals surface area (Å²) in [5.41, 5.74) is 7.64. The van der Waals surface area contributed by atoms with Crippen molar-refractivity contribution in [1.29, 1.82) is 0 Å². The minimum atomic E-state index is -1.12. The van der Waals surface area contributed by atoms with Crippen LogP contribution in [0.15, 0.2) is 28.6 Å². The summed E-state index contributed by atoms with van der Waals surface area (Å²) in [6.07, 6.45) is 21.9. The van der Waals surface area contributed by atoms with E-state index in [1.54, 1.807) is 18.1 Å². The number of hydrogen-bond donors (Lipinski definition) is 2. The molecule has 6 saturated carbocycles. The molecule has 334 valence electrons. The molecule has 6 fully saturated rings. The van der Waals surface area contributed by atoms with Crippen LogP contribution < -0.4 is 0 Å². The number of hydrazone groups is 1. The molecular weight excluding hydrogens is 757 g/mol. The zero-order valence-electron chi connectivity index (χ0n) is 39.8. The van der Waals surface area contributed by atoms with Gasteiger partial charge in [-0.3, -0.25) is 14.2 Å². The van der Waals surface area contributed by atoms with Crippen molar-refractivity contribution < 1.29 is 15.0 Å². The standard InChI is InChI=1S/C27H42N4O.C25H36N2O2/c1-8-31-24-14-23-17(2)13-20-21(25(23,4)15-19(24)16-28-31)9-11-26(5)22(20)10-12-27(26,32)18(3)29-30(6)7;1-6-27-14-17-13-23(4)19-7-9-24(5)20(8-10-25(24,29)16(3)28)18(19)11-15(2)21(23)12-22(17)26-27/h14,16-17,20-22,32H,8-13,15H2,1-7H3;12,14-15,18-20,29H,6-11,13H2,1-5H3/b29-18-;/t17-,20+,21-,22-,25+,26-,27-;15-,18+,19-,20-,23+,24-,25-/m00/s1. The maximum atomic E-state index is 12.4. The van der Waals surface area contributed by atoms with Crippen molar-refractivity contribution in [3.63, 3.8) is 0 Å². The number of carbonyl (C=O) groups excluding carboxylic acids is 1. The van der Waals surface area contributed by atoms with E-state index >= 15 is 0 Å². The molecule has 8 aliphatic carbocycles. The number of rotatable bonds is 5. The molecule has 61 heavy (non-hydrogen) atoms. The second-order valence-electron chi connectivity index (χ2n) is 23.0. The van der Waals surface area contributed by atoms with Gasteiger partial charge < -0.3 is 15.2 Å². The summed E-state index contributed by atoms with van der Waals surface area (Å²) in [5, 5.41) is 39.4. The lowest BCUT2D eigenvalue weighted by Crippen LogP contribution is -2.58. The maximum absolute atomic E-state index is 12.4. The van der Waals surface area contributed by atoms with Crippen LogP contribution >= 0.6 is 0 Å². The topological polar surface area (TPSA) is 109 Å². The number of nitrogens with zero attached hydrogens (tertiary/aromatic N) is 6. The van der Waals surface area contributed by atoms with E-state index < -0.39 is 11.2 Å². The highest BCUT2D eigenvalue weighted by Gasteiger charge is 2.67. The molecule has 2 N–H and O–H groups in total. The third-order valence-corrected chi connectivity index (χ3v) is 20.1. The predicted molar refractivity (Wildman–Crippen MR) is 244 cm³/mol. The number of carbonyl (C=O) groups is 1. The first kappa shape index (κ1) is 43.2. The number of ketones is 1. The molecule has 2 heterocycles. The highest BCUT2D eigenvalue weighted by atomic mass is 16.3. The Bertz CT molecular complexity index is 2180. The highest BCUT2D eigenvalue weighted by molar-refractivity contribution is 5.91. The van der Waals surface area contributed by atoms with Gasteiger partial charge in [0.05, 0.1) is 23.3 Å². The van der Waals surface area contributed by atoms with E-state index in [1.807, 2.05) is 26.0 Å². The summed E-state index contributed by atoms with van der Waals surface area (Å²) in [6, 6.07) is 0. The molecule has 8 aliphatic rings. The Morgan fingerprint density at radius 3 is 1.84 bits per heavy atom. The zero-order chi connectivity index (χ0) is 43.8. The van der Waals surface area contributed by atoms with Crippen molar-refractivity contribution in [2.45, 2.75) is 171 Å². The number of fused-ring (bicyclic) bond motifs is 12. The van der Waals surface area contributed by atoms with E-state index in [0.29, 0.717) is 53.8 Å². The predicted octanol–water partition coefficient (Wildman–Crippen LogP) is 9.65. The SMILES string of the molecule is CCn1cc2c(n1)C=C1[C@@H](C)C[C@@H]3[C@H](CC[C@@]4(C)[C@H]3CC[C@]4(O)C(C)=O)[C@@]1(C)C2.CCn1ncc2c1C=C1[C@@H](C)C[C@@H]3[C@H](CC[C@@]4(C)[C@H]3CC[C@]4(O)/C(C)=N\N(C)C)[C@@]1(C)C2. The van der Waals surface area contributed by atoms with Gasteiger partial charge in [-0.15, -0.1) is 0 Å². The quantitative estimate of drug-likeness (QED) is 0.230. The molecule has 0 unspecified atom stereocenters. The summed E-state index contributed by atoms with van der Waals surface area (Å²) in [7, 11) is 3.90. The fraction of sp³-hybridized carbons (Fsp3) is 0.769. The molecule has 9 nitrogen and oxygen atoms in total. The maximum Gasteiger partial charge on any atom is 0.161 e. The molecule has 2 aromatic rings. The summed E-state index contributed by atoms with van der Waals surface area (Å²) in [6.45, 7) is 24.3.